The first-order chi connectivity index (χ1) is 9.44. The number of hydrogen-bond donors (Lipinski definition) is 3. The number of sulfonamides is 1. The molecule has 2 rings (SSSR count). The zero-order chi connectivity index (χ0) is 14.8. The number of carbonyl (C=O) groups is 1. The Morgan fingerprint density at radius 1 is 1.43 bits per heavy atom. The molecule has 0 amide bonds. The van der Waals surface area contributed by atoms with Crippen LogP contribution in [0.2, 0.25) is 0 Å². The summed E-state index contributed by atoms with van der Waals surface area (Å²) in [6.07, 6.45) is 1.10. The van der Waals surface area contributed by atoms with E-state index in [9.17, 15) is 13.2 Å². The standard InChI is InChI=1S/C13H18N2O4S.ClH/c1-2-5-15-20(18,19)11-4-3-9-7-12(13(16)17)14-8-10(9)6-11;/h3-4,6,12,14-15H,2,5,7-8H2,1H3,(H,16,17);1H. The van der Waals surface area contributed by atoms with Crippen LogP contribution >= 0.6 is 12.4 Å². The fourth-order valence-corrected chi connectivity index (χ4v) is 3.34. The van der Waals surface area contributed by atoms with Gasteiger partial charge in [-0.1, -0.05) is 13.0 Å². The summed E-state index contributed by atoms with van der Waals surface area (Å²) in [5.41, 5.74) is 1.72. The lowest BCUT2D eigenvalue weighted by molar-refractivity contribution is -0.139. The lowest BCUT2D eigenvalue weighted by Crippen LogP contribution is -2.41. The minimum Gasteiger partial charge on any atom is -0.480 e. The highest BCUT2D eigenvalue weighted by molar-refractivity contribution is 7.89. The molecule has 3 N–H and O–H groups in total. The van der Waals surface area contributed by atoms with Gasteiger partial charge in [-0.3, -0.25) is 4.79 Å². The summed E-state index contributed by atoms with van der Waals surface area (Å²) in [5, 5.41) is 11.9. The molecule has 8 heteroatoms. The van der Waals surface area contributed by atoms with Crippen LogP contribution in [-0.4, -0.2) is 32.1 Å². The number of benzene rings is 1. The Labute approximate surface area is 130 Å². The van der Waals surface area contributed by atoms with Gasteiger partial charge in [-0.15, -0.1) is 12.4 Å². The Balaban J connectivity index is 0.00000220. The molecule has 0 spiro atoms. The third-order valence-electron chi connectivity index (χ3n) is 3.29. The number of fused-ring (bicyclic) bond motifs is 1. The van der Waals surface area contributed by atoms with Gasteiger partial charge in [0, 0.05) is 13.1 Å². The first kappa shape index (κ1) is 17.9. The van der Waals surface area contributed by atoms with Gasteiger partial charge in [-0.05, 0) is 36.1 Å². The van der Waals surface area contributed by atoms with Crippen molar-refractivity contribution < 1.29 is 18.3 Å². The van der Waals surface area contributed by atoms with E-state index in [1.54, 1.807) is 12.1 Å². The Hall–Kier alpha value is -1.15. The van der Waals surface area contributed by atoms with Crippen molar-refractivity contribution in [3.63, 3.8) is 0 Å². The number of hydrogen-bond acceptors (Lipinski definition) is 4. The second-order valence-corrected chi connectivity index (χ2v) is 6.57. The molecule has 1 aromatic rings. The lowest BCUT2D eigenvalue weighted by atomic mass is 9.96. The van der Waals surface area contributed by atoms with Crippen molar-refractivity contribution in [2.24, 2.45) is 0 Å². The van der Waals surface area contributed by atoms with Crippen LogP contribution in [0.1, 0.15) is 24.5 Å². The minimum absolute atomic E-state index is 0. The molecule has 0 aliphatic carbocycles. The Morgan fingerprint density at radius 2 is 2.14 bits per heavy atom. The number of rotatable bonds is 5. The summed E-state index contributed by atoms with van der Waals surface area (Å²) >= 11 is 0. The molecule has 21 heavy (non-hydrogen) atoms. The quantitative estimate of drug-likeness (QED) is 0.743. The van der Waals surface area contributed by atoms with E-state index in [1.165, 1.54) is 6.07 Å². The van der Waals surface area contributed by atoms with Crippen molar-refractivity contribution in [2.45, 2.75) is 37.2 Å². The van der Waals surface area contributed by atoms with Crippen molar-refractivity contribution in [3.05, 3.63) is 29.3 Å². The van der Waals surface area contributed by atoms with Gasteiger partial charge in [0.25, 0.3) is 0 Å². The van der Waals surface area contributed by atoms with Gasteiger partial charge in [-0.2, -0.15) is 0 Å². The van der Waals surface area contributed by atoms with Gasteiger partial charge in [0.05, 0.1) is 4.90 Å². The van der Waals surface area contributed by atoms with Crippen molar-refractivity contribution in [1.82, 2.24) is 10.0 Å². The van der Waals surface area contributed by atoms with Crippen LogP contribution in [0.3, 0.4) is 0 Å². The molecule has 1 aliphatic rings. The lowest BCUT2D eigenvalue weighted by Gasteiger charge is -2.23. The van der Waals surface area contributed by atoms with E-state index in [2.05, 4.69) is 10.0 Å². The Kier molecular flexibility index (Phi) is 6.15. The van der Waals surface area contributed by atoms with Gasteiger partial charge in [0.15, 0.2) is 0 Å². The van der Waals surface area contributed by atoms with Gasteiger partial charge in [0.2, 0.25) is 10.0 Å². The summed E-state index contributed by atoms with van der Waals surface area (Å²) < 4.78 is 26.6. The molecule has 0 fully saturated rings. The molecule has 0 aromatic heterocycles. The van der Waals surface area contributed by atoms with Crippen LogP contribution in [0.5, 0.6) is 0 Å². The van der Waals surface area contributed by atoms with Crippen LogP contribution < -0.4 is 10.0 Å². The third kappa shape index (κ3) is 4.16. The fourth-order valence-electron chi connectivity index (χ4n) is 2.15. The van der Waals surface area contributed by atoms with E-state index in [4.69, 9.17) is 5.11 Å². The minimum atomic E-state index is -3.48. The number of aliphatic carboxylic acids is 1. The average Bonchev–Trinajstić information content (AvgIpc) is 2.44. The van der Waals surface area contributed by atoms with Crippen molar-refractivity contribution in [3.8, 4) is 0 Å². The first-order valence-corrected chi connectivity index (χ1v) is 8.00. The van der Waals surface area contributed by atoms with Gasteiger partial charge < -0.3 is 10.4 Å². The molecule has 0 bridgehead atoms. The predicted octanol–water partition coefficient (Wildman–Crippen LogP) is 0.896. The molecule has 1 unspecified atom stereocenters. The zero-order valence-electron chi connectivity index (χ0n) is 11.6. The highest BCUT2D eigenvalue weighted by Gasteiger charge is 2.25. The van der Waals surface area contributed by atoms with E-state index < -0.39 is 22.0 Å². The maximum absolute atomic E-state index is 12.0. The molecule has 1 aliphatic heterocycles. The predicted molar refractivity (Wildman–Crippen MR) is 81.1 cm³/mol. The largest absolute Gasteiger partial charge is 0.480 e. The van der Waals surface area contributed by atoms with Crippen LogP contribution in [-0.2, 0) is 27.8 Å². The SMILES string of the molecule is CCCNS(=O)(=O)c1ccc2c(c1)CNC(C(=O)O)C2.Cl. The molecule has 0 saturated carbocycles. The topological polar surface area (TPSA) is 95.5 Å². The van der Waals surface area contributed by atoms with Gasteiger partial charge in [0.1, 0.15) is 6.04 Å². The highest BCUT2D eigenvalue weighted by Crippen LogP contribution is 2.21. The normalized spacial score (nSPS) is 17.7. The average molecular weight is 335 g/mol. The first-order valence-electron chi connectivity index (χ1n) is 6.51. The second-order valence-electron chi connectivity index (χ2n) is 4.80. The fraction of sp³-hybridized carbons (Fsp3) is 0.462. The molecule has 118 valence electrons. The molecule has 1 heterocycles. The Bertz CT molecular complexity index is 619. The summed E-state index contributed by atoms with van der Waals surface area (Å²) in [5.74, 6) is -0.892. The van der Waals surface area contributed by atoms with E-state index in [-0.39, 0.29) is 17.3 Å². The highest BCUT2D eigenvalue weighted by atomic mass is 35.5. The van der Waals surface area contributed by atoms with E-state index in [0.717, 1.165) is 17.5 Å². The molecule has 0 radical (unpaired) electrons. The molecule has 6 nitrogen and oxygen atoms in total. The van der Waals surface area contributed by atoms with Crippen LogP contribution in [0.25, 0.3) is 0 Å². The van der Waals surface area contributed by atoms with Crippen LogP contribution in [0.4, 0.5) is 0 Å². The second kappa shape index (κ2) is 7.22. The van der Waals surface area contributed by atoms with Gasteiger partial charge >= 0.3 is 5.97 Å². The molecule has 1 aromatic carbocycles. The van der Waals surface area contributed by atoms with Crippen molar-refractivity contribution in [2.75, 3.05) is 6.54 Å². The summed E-state index contributed by atoms with van der Waals surface area (Å²) in [6, 6.07) is 4.23. The maximum atomic E-state index is 12.0. The number of halogens is 1. The number of carboxylic acid groups (broad SMARTS) is 1. The number of carboxylic acids is 1. The molecule has 1 atom stereocenters. The van der Waals surface area contributed by atoms with Crippen LogP contribution in [0.15, 0.2) is 23.1 Å². The third-order valence-corrected chi connectivity index (χ3v) is 4.75. The maximum Gasteiger partial charge on any atom is 0.321 e. The smallest absolute Gasteiger partial charge is 0.321 e. The van der Waals surface area contributed by atoms with Crippen LogP contribution in [0, 0.1) is 0 Å². The zero-order valence-corrected chi connectivity index (χ0v) is 13.3. The van der Waals surface area contributed by atoms with E-state index in [0.29, 0.717) is 19.5 Å². The van der Waals surface area contributed by atoms with E-state index >= 15 is 0 Å². The molecule has 0 saturated heterocycles. The molecular weight excluding hydrogens is 316 g/mol. The van der Waals surface area contributed by atoms with Crippen molar-refractivity contribution >= 4 is 28.4 Å². The monoisotopic (exact) mass is 334 g/mol. The summed E-state index contributed by atoms with van der Waals surface area (Å²) in [6.45, 7) is 2.66. The Morgan fingerprint density at radius 3 is 2.76 bits per heavy atom. The van der Waals surface area contributed by atoms with Crippen molar-refractivity contribution in [1.29, 1.82) is 0 Å². The number of nitrogens with one attached hydrogen (secondary N) is 2. The summed E-state index contributed by atoms with van der Waals surface area (Å²) in [7, 11) is -3.48. The van der Waals surface area contributed by atoms with Gasteiger partial charge in [-0.25, -0.2) is 13.1 Å². The van der Waals surface area contributed by atoms with E-state index in [1.807, 2.05) is 6.92 Å². The molecular formula is C13H19ClN2O4S. The summed E-state index contributed by atoms with van der Waals surface area (Å²) in [4.78, 5) is 11.2.